The molecule has 3 aromatic rings. The van der Waals surface area contributed by atoms with Crippen molar-refractivity contribution in [3.05, 3.63) is 45.6 Å². The summed E-state index contributed by atoms with van der Waals surface area (Å²) in [5.41, 5.74) is 2.97. The molecule has 1 aromatic carbocycles. The number of aliphatic hydroxyl groups excluding tert-OH is 1. The number of aromatic amines is 1. The Kier molecular flexibility index (Phi) is 4.76. The molecule has 0 aliphatic heterocycles. The largest absolute Gasteiger partial charge is 0.393 e. The summed E-state index contributed by atoms with van der Waals surface area (Å²) in [6.45, 7) is 2.06. The summed E-state index contributed by atoms with van der Waals surface area (Å²) in [5.74, 6) is -0.182. The second kappa shape index (κ2) is 7.23. The van der Waals surface area contributed by atoms with Crippen molar-refractivity contribution in [3.8, 4) is 0 Å². The predicted octanol–water partition coefficient (Wildman–Crippen LogP) is 1.77. The van der Waals surface area contributed by atoms with Crippen LogP contribution in [0.4, 0.5) is 0 Å². The fourth-order valence-electron chi connectivity index (χ4n) is 3.85. The third-order valence-corrected chi connectivity index (χ3v) is 5.47. The first-order valence-electron chi connectivity index (χ1n) is 9.40. The van der Waals surface area contributed by atoms with Gasteiger partial charge in [0.15, 0.2) is 0 Å². The van der Waals surface area contributed by atoms with Gasteiger partial charge in [-0.25, -0.2) is 9.42 Å². The summed E-state index contributed by atoms with van der Waals surface area (Å²) in [6.07, 6.45) is 2.65. The molecule has 0 spiro atoms. The van der Waals surface area contributed by atoms with Crippen LogP contribution in [-0.4, -0.2) is 48.9 Å². The standard InChI is InChI=1S/C19H23N5O4/c1-11-16(22-28-21-11)10-23(2)18(26)12-3-8-17-15(9-12)20-19(27)24(17)13-4-6-14(25)7-5-13/h3,8-9,13-14,25H,4-7,10H2,1-2H3,(H,20,27). The van der Waals surface area contributed by atoms with Crippen molar-refractivity contribution in [2.75, 3.05) is 7.05 Å². The van der Waals surface area contributed by atoms with Gasteiger partial charge in [-0.2, -0.15) is 0 Å². The molecule has 0 radical (unpaired) electrons. The van der Waals surface area contributed by atoms with E-state index in [0.29, 0.717) is 35.3 Å². The number of hydrogen-bond donors (Lipinski definition) is 2. The fraction of sp³-hybridized carbons (Fsp3) is 0.474. The highest BCUT2D eigenvalue weighted by molar-refractivity contribution is 5.97. The lowest BCUT2D eigenvalue weighted by Gasteiger charge is -2.26. The Hall–Kier alpha value is -2.94. The fourth-order valence-corrected chi connectivity index (χ4v) is 3.85. The Morgan fingerprint density at radius 1 is 1.32 bits per heavy atom. The molecule has 9 heteroatoms. The molecule has 2 N–H and O–H groups in total. The lowest BCUT2D eigenvalue weighted by atomic mass is 9.93. The Bertz CT molecular complexity index is 1060. The van der Waals surface area contributed by atoms with Crippen molar-refractivity contribution in [2.45, 2.75) is 51.3 Å². The SMILES string of the molecule is Cc1nonc1CN(C)C(=O)c1ccc2c(c1)[nH]c(=O)n2C1CCC(O)CC1. The summed E-state index contributed by atoms with van der Waals surface area (Å²) < 4.78 is 6.43. The molecule has 0 saturated heterocycles. The van der Waals surface area contributed by atoms with Gasteiger partial charge in [0.1, 0.15) is 11.4 Å². The maximum absolute atomic E-state index is 12.8. The number of fused-ring (bicyclic) bond motifs is 1. The van der Waals surface area contributed by atoms with Crippen LogP contribution >= 0.6 is 0 Å². The van der Waals surface area contributed by atoms with Gasteiger partial charge in [0, 0.05) is 18.7 Å². The molecule has 0 unspecified atom stereocenters. The summed E-state index contributed by atoms with van der Waals surface area (Å²) >= 11 is 0. The minimum Gasteiger partial charge on any atom is -0.393 e. The molecule has 28 heavy (non-hydrogen) atoms. The van der Waals surface area contributed by atoms with Crippen molar-refractivity contribution in [1.29, 1.82) is 0 Å². The normalized spacial score (nSPS) is 19.8. The van der Waals surface area contributed by atoms with Crippen molar-refractivity contribution in [2.24, 2.45) is 0 Å². The number of H-pyrrole nitrogens is 1. The van der Waals surface area contributed by atoms with E-state index in [0.717, 1.165) is 18.4 Å². The molecule has 2 heterocycles. The van der Waals surface area contributed by atoms with Crippen LogP contribution < -0.4 is 5.69 Å². The van der Waals surface area contributed by atoms with Gasteiger partial charge in [-0.1, -0.05) is 10.3 Å². The van der Waals surface area contributed by atoms with E-state index in [-0.39, 0.29) is 30.3 Å². The van der Waals surface area contributed by atoms with E-state index in [1.54, 1.807) is 30.7 Å². The van der Waals surface area contributed by atoms with Gasteiger partial charge < -0.3 is 15.0 Å². The van der Waals surface area contributed by atoms with Gasteiger partial charge in [-0.05, 0) is 50.8 Å². The van der Waals surface area contributed by atoms with Crippen molar-refractivity contribution >= 4 is 16.9 Å². The minimum atomic E-state index is -0.277. The molecular formula is C19H23N5O4. The number of nitrogens with one attached hydrogen (secondary N) is 1. The van der Waals surface area contributed by atoms with E-state index in [4.69, 9.17) is 0 Å². The zero-order valence-electron chi connectivity index (χ0n) is 15.9. The Morgan fingerprint density at radius 3 is 2.75 bits per heavy atom. The number of nitrogens with zero attached hydrogens (tertiary/aromatic N) is 4. The number of aromatic nitrogens is 4. The maximum Gasteiger partial charge on any atom is 0.326 e. The molecule has 4 rings (SSSR count). The number of benzene rings is 1. The molecule has 0 bridgehead atoms. The molecular weight excluding hydrogens is 362 g/mol. The molecule has 2 aromatic heterocycles. The molecule has 9 nitrogen and oxygen atoms in total. The second-order valence-electron chi connectivity index (χ2n) is 7.45. The lowest BCUT2D eigenvalue weighted by Crippen LogP contribution is -2.27. The number of carbonyl (C=O) groups is 1. The molecule has 1 fully saturated rings. The second-order valence-corrected chi connectivity index (χ2v) is 7.45. The minimum absolute atomic E-state index is 0.0662. The third-order valence-electron chi connectivity index (χ3n) is 5.47. The summed E-state index contributed by atoms with van der Waals surface area (Å²) in [4.78, 5) is 29.7. The van der Waals surface area contributed by atoms with Gasteiger partial charge in [0.2, 0.25) is 0 Å². The Labute approximate surface area is 160 Å². The summed E-state index contributed by atoms with van der Waals surface area (Å²) in [6, 6.07) is 5.31. The number of carbonyl (C=O) groups excluding carboxylic acids is 1. The topological polar surface area (TPSA) is 117 Å². The van der Waals surface area contributed by atoms with E-state index in [1.165, 1.54) is 4.90 Å². The van der Waals surface area contributed by atoms with Crippen molar-refractivity contribution < 1.29 is 14.5 Å². The molecule has 0 atom stereocenters. The number of amides is 1. The molecule has 1 aliphatic rings. The first-order chi connectivity index (χ1) is 13.4. The van der Waals surface area contributed by atoms with E-state index in [2.05, 4.69) is 19.9 Å². The van der Waals surface area contributed by atoms with Crippen molar-refractivity contribution in [3.63, 3.8) is 0 Å². The van der Waals surface area contributed by atoms with E-state index < -0.39 is 0 Å². The number of rotatable bonds is 4. The quantitative estimate of drug-likeness (QED) is 0.707. The maximum atomic E-state index is 12.8. The number of hydrogen-bond acceptors (Lipinski definition) is 6. The number of aliphatic hydroxyl groups is 1. The van der Waals surface area contributed by atoms with Crippen LogP contribution in [0.1, 0.15) is 53.5 Å². The Balaban J connectivity index is 1.59. The van der Waals surface area contributed by atoms with Gasteiger partial charge in [0.05, 0.1) is 23.7 Å². The zero-order chi connectivity index (χ0) is 19.8. The highest BCUT2D eigenvalue weighted by atomic mass is 16.6. The number of aryl methyl sites for hydroxylation is 1. The highest BCUT2D eigenvalue weighted by Gasteiger charge is 2.24. The molecule has 148 valence electrons. The number of imidazole rings is 1. The van der Waals surface area contributed by atoms with Gasteiger partial charge in [-0.3, -0.25) is 9.36 Å². The summed E-state index contributed by atoms with van der Waals surface area (Å²) in [5, 5.41) is 17.2. The average Bonchev–Trinajstić information content (AvgIpc) is 3.23. The molecule has 1 saturated carbocycles. The van der Waals surface area contributed by atoms with Gasteiger partial charge in [-0.15, -0.1) is 0 Å². The monoisotopic (exact) mass is 385 g/mol. The highest BCUT2D eigenvalue weighted by Crippen LogP contribution is 2.30. The van der Waals surface area contributed by atoms with Crippen LogP contribution in [0.15, 0.2) is 27.6 Å². The van der Waals surface area contributed by atoms with E-state index in [9.17, 15) is 14.7 Å². The van der Waals surface area contributed by atoms with Gasteiger partial charge in [0.25, 0.3) is 5.91 Å². The van der Waals surface area contributed by atoms with Crippen LogP contribution in [0.25, 0.3) is 11.0 Å². The Morgan fingerprint density at radius 2 is 2.07 bits per heavy atom. The van der Waals surface area contributed by atoms with Crippen LogP contribution in [0.3, 0.4) is 0 Å². The third kappa shape index (κ3) is 3.33. The van der Waals surface area contributed by atoms with Crippen LogP contribution in [0.2, 0.25) is 0 Å². The molecule has 1 aliphatic carbocycles. The molecule has 1 amide bonds. The zero-order valence-corrected chi connectivity index (χ0v) is 15.9. The average molecular weight is 385 g/mol. The predicted molar refractivity (Wildman–Crippen MR) is 101 cm³/mol. The smallest absolute Gasteiger partial charge is 0.326 e. The first kappa shape index (κ1) is 18.4. The van der Waals surface area contributed by atoms with E-state index in [1.807, 2.05) is 6.07 Å². The first-order valence-corrected chi connectivity index (χ1v) is 9.40. The van der Waals surface area contributed by atoms with E-state index >= 15 is 0 Å². The summed E-state index contributed by atoms with van der Waals surface area (Å²) in [7, 11) is 1.68. The van der Waals surface area contributed by atoms with Crippen molar-refractivity contribution in [1.82, 2.24) is 24.8 Å². The van der Waals surface area contributed by atoms with Crippen LogP contribution in [-0.2, 0) is 6.54 Å². The lowest BCUT2D eigenvalue weighted by molar-refractivity contribution is 0.0782. The van der Waals surface area contributed by atoms with Crippen LogP contribution in [0, 0.1) is 6.92 Å². The van der Waals surface area contributed by atoms with Crippen LogP contribution in [0.5, 0.6) is 0 Å². The van der Waals surface area contributed by atoms with Gasteiger partial charge >= 0.3 is 5.69 Å².